The Morgan fingerprint density at radius 1 is 1.40 bits per heavy atom. The summed E-state index contributed by atoms with van der Waals surface area (Å²) >= 11 is 0. The first-order valence-corrected chi connectivity index (χ1v) is 5.25. The number of hydrogen-bond acceptors (Lipinski definition) is 3. The van der Waals surface area contributed by atoms with E-state index in [1.54, 1.807) is 0 Å². The minimum Gasteiger partial charge on any atom is -0.381 e. The normalized spacial score (nSPS) is 17.7. The van der Waals surface area contributed by atoms with E-state index in [9.17, 15) is 21.6 Å². The first-order valence-electron chi connectivity index (χ1n) is 3.84. The summed E-state index contributed by atoms with van der Waals surface area (Å²) in [5, 5.41) is 0. The van der Waals surface area contributed by atoms with Crippen molar-refractivity contribution >= 4 is 10.1 Å². The first kappa shape index (κ1) is 14.9. The van der Waals surface area contributed by atoms with Gasteiger partial charge in [0.05, 0.1) is 0 Å². The zero-order valence-corrected chi connectivity index (χ0v) is 9.70. The van der Waals surface area contributed by atoms with Crippen LogP contribution >= 0.6 is 0 Å². The third-order valence-electron chi connectivity index (χ3n) is 1.61. The molecule has 0 spiro atoms. The van der Waals surface area contributed by atoms with E-state index in [-0.39, 0.29) is 30.7 Å². The van der Waals surface area contributed by atoms with Crippen molar-refractivity contribution in [3.63, 3.8) is 0 Å². The van der Waals surface area contributed by atoms with E-state index in [0.29, 0.717) is 12.8 Å². The Kier molecular flexibility index (Phi) is 5.22. The second kappa shape index (κ2) is 5.27. The van der Waals surface area contributed by atoms with Crippen molar-refractivity contribution in [2.45, 2.75) is 24.8 Å². The van der Waals surface area contributed by atoms with Crippen molar-refractivity contribution < 1.29 is 44.3 Å². The van der Waals surface area contributed by atoms with Crippen LogP contribution in [-0.4, -0.2) is 13.9 Å². The van der Waals surface area contributed by atoms with Gasteiger partial charge in [-0.05, 0) is 6.42 Å². The molecule has 0 aromatic rings. The van der Waals surface area contributed by atoms with Gasteiger partial charge < -0.3 is 10.6 Å². The topological polar surface area (TPSA) is 43.4 Å². The third-order valence-corrected chi connectivity index (χ3v) is 2.61. The Morgan fingerprint density at radius 3 is 2.40 bits per heavy atom. The summed E-state index contributed by atoms with van der Waals surface area (Å²) in [6, 6.07) is 0. The van der Waals surface area contributed by atoms with Gasteiger partial charge in [0.1, 0.15) is 5.76 Å². The van der Waals surface area contributed by atoms with Gasteiger partial charge in [0, 0.05) is 18.6 Å². The molecule has 0 amide bonds. The van der Waals surface area contributed by atoms with Crippen LogP contribution in [0.3, 0.4) is 0 Å². The summed E-state index contributed by atoms with van der Waals surface area (Å²) in [7, 11) is -5.48. The van der Waals surface area contributed by atoms with Crippen molar-refractivity contribution in [2.75, 3.05) is 0 Å². The standard InChI is InChI=1S/C7H8F3O3S.V/c8-7(9,10)14(11,12)13-6-4-2-1-3-5-6;/h1,4H,2-3,5H2;/q-1;. The van der Waals surface area contributed by atoms with Crippen molar-refractivity contribution in [3.8, 4) is 0 Å². The predicted octanol–water partition coefficient (Wildman–Crippen LogP) is 2.12. The van der Waals surface area contributed by atoms with Crippen molar-refractivity contribution in [1.82, 2.24) is 0 Å². The molecule has 0 saturated heterocycles. The summed E-state index contributed by atoms with van der Waals surface area (Å²) in [5.74, 6) is -0.134. The van der Waals surface area contributed by atoms with Gasteiger partial charge in [-0.1, -0.05) is 6.08 Å². The van der Waals surface area contributed by atoms with Gasteiger partial charge in [0.25, 0.3) is 0 Å². The maximum Gasteiger partial charge on any atom is 0.534 e. The fourth-order valence-corrected chi connectivity index (χ4v) is 1.47. The van der Waals surface area contributed by atoms with Gasteiger partial charge in [-0.2, -0.15) is 34.4 Å². The average Bonchev–Trinajstić information content (AvgIpc) is 2.03. The van der Waals surface area contributed by atoms with Crippen molar-refractivity contribution in [3.05, 3.63) is 18.3 Å². The van der Waals surface area contributed by atoms with Gasteiger partial charge in [-0.25, -0.2) is 0 Å². The molecule has 0 aromatic carbocycles. The predicted molar refractivity (Wildman–Crippen MR) is 42.3 cm³/mol. The number of alkyl halides is 3. The molecule has 0 atom stereocenters. The maximum absolute atomic E-state index is 11.8. The van der Waals surface area contributed by atoms with Crippen LogP contribution in [0.15, 0.2) is 11.8 Å². The Balaban J connectivity index is 0.00000196. The smallest absolute Gasteiger partial charge is 0.381 e. The molecule has 0 unspecified atom stereocenters. The van der Waals surface area contributed by atoms with Gasteiger partial charge in [0.15, 0.2) is 0 Å². The summed E-state index contributed by atoms with van der Waals surface area (Å²) in [4.78, 5) is 0. The van der Waals surface area contributed by atoms with Crippen LogP contribution < -0.4 is 0 Å². The van der Waals surface area contributed by atoms with Gasteiger partial charge in [0.2, 0.25) is 0 Å². The molecule has 0 fully saturated rings. The summed E-state index contributed by atoms with van der Waals surface area (Å²) in [6.07, 6.45) is 4.30. The van der Waals surface area contributed by atoms with Crippen molar-refractivity contribution in [1.29, 1.82) is 0 Å². The second-order valence-electron chi connectivity index (χ2n) is 2.72. The first-order chi connectivity index (χ1) is 6.33. The van der Waals surface area contributed by atoms with E-state index in [4.69, 9.17) is 0 Å². The maximum atomic E-state index is 11.8. The number of allylic oxidation sites excluding steroid dienone is 2. The minimum absolute atomic E-state index is 0. The van der Waals surface area contributed by atoms with E-state index in [2.05, 4.69) is 4.18 Å². The Labute approximate surface area is 97.7 Å². The Bertz CT molecular complexity index is 334. The Morgan fingerprint density at radius 2 is 2.00 bits per heavy atom. The zero-order chi connectivity index (χ0) is 10.8. The van der Waals surface area contributed by atoms with Crippen LogP contribution in [0.2, 0.25) is 0 Å². The molecule has 0 heterocycles. The molecule has 87 valence electrons. The summed E-state index contributed by atoms with van der Waals surface area (Å²) in [6.45, 7) is 0. The van der Waals surface area contributed by atoms with Crippen LogP contribution in [0.25, 0.3) is 0 Å². The van der Waals surface area contributed by atoms with E-state index < -0.39 is 15.6 Å². The Hall–Kier alpha value is -0.136. The fraction of sp³-hybridized carbons (Fsp3) is 0.571. The fourth-order valence-electron chi connectivity index (χ4n) is 0.943. The van der Waals surface area contributed by atoms with E-state index in [0.717, 1.165) is 0 Å². The van der Waals surface area contributed by atoms with Crippen LogP contribution in [0, 0.1) is 6.42 Å². The average molecular weight is 280 g/mol. The minimum atomic E-state index is -5.48. The number of hydrogen-bond donors (Lipinski definition) is 0. The van der Waals surface area contributed by atoms with Crippen LogP contribution in [-0.2, 0) is 32.9 Å². The summed E-state index contributed by atoms with van der Waals surface area (Å²) in [5.41, 5.74) is -5.35. The van der Waals surface area contributed by atoms with Gasteiger partial charge >= 0.3 is 15.6 Å². The van der Waals surface area contributed by atoms with Crippen LogP contribution in [0.4, 0.5) is 13.2 Å². The molecule has 0 bridgehead atoms. The van der Waals surface area contributed by atoms with Crippen LogP contribution in [0.5, 0.6) is 0 Å². The molecule has 1 aliphatic rings. The molecule has 1 radical (unpaired) electrons. The molecule has 0 aliphatic heterocycles. The summed E-state index contributed by atoms with van der Waals surface area (Å²) < 4.78 is 60.5. The molecule has 0 N–H and O–H groups in total. The SMILES string of the molecule is O=S(=O)(OC1=CC[CH-]CC1)C(F)(F)F.[V]. The zero-order valence-electron chi connectivity index (χ0n) is 7.49. The molecule has 15 heavy (non-hydrogen) atoms. The molecule has 3 nitrogen and oxygen atoms in total. The second-order valence-corrected chi connectivity index (χ2v) is 4.25. The molecule has 1 aliphatic carbocycles. The molecular weight excluding hydrogens is 272 g/mol. The molecular formula is C7H8F3O3SV-. The van der Waals surface area contributed by atoms with Crippen molar-refractivity contribution in [2.24, 2.45) is 0 Å². The van der Waals surface area contributed by atoms with Gasteiger partial charge in [-0.15, -0.1) is 0 Å². The molecule has 0 saturated carbocycles. The largest absolute Gasteiger partial charge is 0.534 e. The monoisotopic (exact) mass is 280 g/mol. The van der Waals surface area contributed by atoms with E-state index in [1.807, 2.05) is 6.42 Å². The van der Waals surface area contributed by atoms with Gasteiger partial charge in [-0.3, -0.25) is 0 Å². The number of halogens is 3. The molecule has 8 heteroatoms. The van der Waals surface area contributed by atoms with E-state index in [1.165, 1.54) is 6.08 Å². The third kappa shape index (κ3) is 4.08. The van der Waals surface area contributed by atoms with E-state index >= 15 is 0 Å². The quantitative estimate of drug-likeness (QED) is 0.442. The number of rotatable bonds is 2. The van der Waals surface area contributed by atoms with Crippen LogP contribution in [0.1, 0.15) is 19.3 Å². The molecule has 1 rings (SSSR count). The molecule has 0 aromatic heterocycles.